The van der Waals surface area contributed by atoms with Crippen LogP contribution in [0.3, 0.4) is 0 Å². The van der Waals surface area contributed by atoms with E-state index in [1.807, 2.05) is 43.3 Å². The van der Waals surface area contributed by atoms with Crippen LogP contribution in [0.4, 0.5) is 0 Å². The van der Waals surface area contributed by atoms with Crippen molar-refractivity contribution in [2.75, 3.05) is 13.1 Å². The molecule has 0 saturated carbocycles. The van der Waals surface area contributed by atoms with Crippen molar-refractivity contribution >= 4 is 11.8 Å². The highest BCUT2D eigenvalue weighted by molar-refractivity contribution is 5.78. The van der Waals surface area contributed by atoms with E-state index >= 15 is 0 Å². The topological polar surface area (TPSA) is 49.4 Å². The Morgan fingerprint density at radius 1 is 0.962 bits per heavy atom. The van der Waals surface area contributed by atoms with E-state index in [0.717, 1.165) is 18.4 Å². The van der Waals surface area contributed by atoms with E-state index in [-0.39, 0.29) is 11.8 Å². The average Bonchev–Trinajstić information content (AvgIpc) is 2.63. The van der Waals surface area contributed by atoms with Crippen molar-refractivity contribution in [2.24, 2.45) is 0 Å². The van der Waals surface area contributed by atoms with Gasteiger partial charge in [0.05, 0.1) is 0 Å². The van der Waals surface area contributed by atoms with E-state index < -0.39 is 0 Å². The van der Waals surface area contributed by atoms with Gasteiger partial charge in [-0.05, 0) is 30.9 Å². The highest BCUT2D eigenvalue weighted by Crippen LogP contribution is 2.05. The van der Waals surface area contributed by atoms with Crippen molar-refractivity contribution in [3.63, 3.8) is 0 Å². The molecule has 4 nitrogen and oxygen atoms in total. The Balaban J connectivity index is 1.71. The van der Waals surface area contributed by atoms with Gasteiger partial charge in [0.25, 0.3) is 0 Å². The van der Waals surface area contributed by atoms with Gasteiger partial charge >= 0.3 is 0 Å². The second-order valence-corrected chi connectivity index (χ2v) is 6.61. The summed E-state index contributed by atoms with van der Waals surface area (Å²) in [6, 6.07) is 18.3. The Morgan fingerprint density at radius 3 is 2.38 bits per heavy atom. The Kier molecular flexibility index (Phi) is 7.87. The van der Waals surface area contributed by atoms with Gasteiger partial charge in [0.15, 0.2) is 0 Å². The molecule has 0 saturated heterocycles. The number of nitrogens with zero attached hydrogens (tertiary/aromatic N) is 1. The number of aryl methyl sites for hydroxylation is 2. The molecule has 0 fully saturated rings. The Bertz CT molecular complexity index is 713. The molecule has 1 N–H and O–H groups in total. The fourth-order valence-electron chi connectivity index (χ4n) is 2.89. The highest BCUT2D eigenvalue weighted by atomic mass is 16.2. The summed E-state index contributed by atoms with van der Waals surface area (Å²) in [7, 11) is 0. The van der Waals surface area contributed by atoms with Crippen molar-refractivity contribution in [3.8, 4) is 0 Å². The molecule has 0 radical (unpaired) electrons. The van der Waals surface area contributed by atoms with Crippen LogP contribution in [0.15, 0.2) is 54.6 Å². The van der Waals surface area contributed by atoms with Gasteiger partial charge < -0.3 is 10.2 Å². The van der Waals surface area contributed by atoms with Gasteiger partial charge in [0, 0.05) is 33.0 Å². The Labute approximate surface area is 156 Å². The van der Waals surface area contributed by atoms with Crippen molar-refractivity contribution < 1.29 is 9.59 Å². The van der Waals surface area contributed by atoms with Crippen molar-refractivity contribution in [2.45, 2.75) is 39.7 Å². The van der Waals surface area contributed by atoms with Crippen LogP contribution in [-0.4, -0.2) is 29.8 Å². The molecular weight excluding hydrogens is 324 g/mol. The summed E-state index contributed by atoms with van der Waals surface area (Å²) in [5, 5.41) is 2.93. The molecule has 0 unspecified atom stereocenters. The van der Waals surface area contributed by atoms with Crippen LogP contribution in [-0.2, 0) is 22.6 Å². The summed E-state index contributed by atoms with van der Waals surface area (Å²) in [6.07, 6.45) is 2.16. The van der Waals surface area contributed by atoms with Crippen LogP contribution in [0.2, 0.25) is 0 Å². The molecule has 2 aromatic carbocycles. The molecule has 2 rings (SSSR count). The van der Waals surface area contributed by atoms with Gasteiger partial charge in [-0.15, -0.1) is 0 Å². The first kappa shape index (κ1) is 19.7. The quantitative estimate of drug-likeness (QED) is 0.751. The molecule has 4 heteroatoms. The first-order valence-corrected chi connectivity index (χ1v) is 9.16. The van der Waals surface area contributed by atoms with Gasteiger partial charge in [-0.1, -0.05) is 60.2 Å². The Morgan fingerprint density at radius 2 is 1.69 bits per heavy atom. The first-order valence-electron chi connectivity index (χ1n) is 9.16. The zero-order chi connectivity index (χ0) is 18.8. The number of rotatable bonds is 9. The number of benzene rings is 2. The molecule has 0 aliphatic heterocycles. The van der Waals surface area contributed by atoms with Gasteiger partial charge in [-0.3, -0.25) is 9.59 Å². The lowest BCUT2D eigenvalue weighted by atomic mass is 10.1. The molecular formula is C22H28N2O2. The number of carbonyl (C=O) groups excluding carboxylic acids is 2. The monoisotopic (exact) mass is 352 g/mol. The van der Waals surface area contributed by atoms with Gasteiger partial charge in [-0.25, -0.2) is 0 Å². The largest absolute Gasteiger partial charge is 0.352 e. The van der Waals surface area contributed by atoms with Crippen LogP contribution in [0, 0.1) is 6.92 Å². The van der Waals surface area contributed by atoms with Crippen LogP contribution in [0.5, 0.6) is 0 Å². The third-order valence-electron chi connectivity index (χ3n) is 4.36. The van der Waals surface area contributed by atoms with E-state index in [2.05, 4.69) is 23.5 Å². The lowest BCUT2D eigenvalue weighted by Gasteiger charge is -2.20. The highest BCUT2D eigenvalue weighted by Gasteiger charge is 2.11. The van der Waals surface area contributed by atoms with E-state index in [4.69, 9.17) is 0 Å². The van der Waals surface area contributed by atoms with Gasteiger partial charge in [0.2, 0.25) is 11.8 Å². The number of amides is 2. The predicted octanol–water partition coefficient (Wildman–Crippen LogP) is 3.48. The molecule has 2 amide bonds. The minimum absolute atomic E-state index is 0.0181. The summed E-state index contributed by atoms with van der Waals surface area (Å²) in [5.41, 5.74) is 3.54. The minimum atomic E-state index is -0.0270. The van der Waals surface area contributed by atoms with Crippen LogP contribution < -0.4 is 5.32 Å². The number of hydrogen-bond donors (Lipinski definition) is 1. The zero-order valence-electron chi connectivity index (χ0n) is 15.7. The maximum absolute atomic E-state index is 12.1. The standard InChI is InChI=1S/C22H28N2O2/c1-18-8-6-11-21(16-18)17-23-22(26)13-15-24(19(2)25)14-7-12-20-9-4-3-5-10-20/h3-6,8-11,16H,7,12-15,17H2,1-2H3,(H,23,26). The van der Waals surface area contributed by atoms with Crippen LogP contribution >= 0.6 is 0 Å². The second-order valence-electron chi connectivity index (χ2n) is 6.61. The minimum Gasteiger partial charge on any atom is -0.352 e. The number of carbonyl (C=O) groups is 2. The van der Waals surface area contributed by atoms with E-state index in [1.165, 1.54) is 11.1 Å². The lowest BCUT2D eigenvalue weighted by molar-refractivity contribution is -0.129. The Hall–Kier alpha value is -2.62. The molecule has 26 heavy (non-hydrogen) atoms. The maximum Gasteiger partial charge on any atom is 0.222 e. The van der Waals surface area contributed by atoms with Crippen molar-refractivity contribution in [3.05, 3.63) is 71.3 Å². The van der Waals surface area contributed by atoms with Crippen LogP contribution in [0.25, 0.3) is 0 Å². The molecule has 0 atom stereocenters. The third-order valence-corrected chi connectivity index (χ3v) is 4.36. The predicted molar refractivity (Wildman–Crippen MR) is 105 cm³/mol. The fraction of sp³-hybridized carbons (Fsp3) is 0.364. The summed E-state index contributed by atoms with van der Waals surface area (Å²) in [6.45, 7) is 5.26. The number of hydrogen-bond acceptors (Lipinski definition) is 2. The summed E-state index contributed by atoms with van der Waals surface area (Å²) < 4.78 is 0. The van der Waals surface area contributed by atoms with E-state index in [0.29, 0.717) is 26.1 Å². The molecule has 0 aliphatic rings. The maximum atomic E-state index is 12.1. The first-order chi connectivity index (χ1) is 12.5. The molecule has 138 valence electrons. The van der Waals surface area contributed by atoms with Gasteiger partial charge in [0.1, 0.15) is 0 Å². The molecule has 0 aromatic heterocycles. The molecule has 0 heterocycles. The summed E-state index contributed by atoms with van der Waals surface area (Å²) in [5.74, 6) is -0.00892. The normalized spacial score (nSPS) is 10.4. The SMILES string of the molecule is CC(=O)N(CCCc1ccccc1)CCC(=O)NCc1cccc(C)c1. The third kappa shape index (κ3) is 7.09. The van der Waals surface area contributed by atoms with E-state index in [1.54, 1.807) is 11.8 Å². The van der Waals surface area contributed by atoms with Crippen LogP contribution in [0.1, 0.15) is 36.5 Å². The van der Waals surface area contributed by atoms with Crippen molar-refractivity contribution in [1.29, 1.82) is 0 Å². The summed E-state index contributed by atoms with van der Waals surface area (Å²) >= 11 is 0. The smallest absolute Gasteiger partial charge is 0.222 e. The zero-order valence-corrected chi connectivity index (χ0v) is 15.7. The fourth-order valence-corrected chi connectivity index (χ4v) is 2.89. The molecule has 2 aromatic rings. The lowest BCUT2D eigenvalue weighted by Crippen LogP contribution is -2.34. The molecule has 0 bridgehead atoms. The van der Waals surface area contributed by atoms with Gasteiger partial charge in [-0.2, -0.15) is 0 Å². The average molecular weight is 352 g/mol. The molecule has 0 aliphatic carbocycles. The number of nitrogens with one attached hydrogen (secondary N) is 1. The molecule has 0 spiro atoms. The second kappa shape index (κ2) is 10.4. The van der Waals surface area contributed by atoms with Crippen molar-refractivity contribution in [1.82, 2.24) is 10.2 Å². The van der Waals surface area contributed by atoms with E-state index in [9.17, 15) is 9.59 Å². The summed E-state index contributed by atoms with van der Waals surface area (Å²) in [4.78, 5) is 25.6.